The molecule has 1 aromatic heterocycles. The average molecular weight is 394 g/mol. The molecule has 2 aromatic rings. The van der Waals surface area contributed by atoms with Crippen molar-refractivity contribution in [2.45, 2.75) is 19.5 Å². The fourth-order valence-electron chi connectivity index (χ4n) is 3.11. The van der Waals surface area contributed by atoms with Crippen LogP contribution >= 0.6 is 22.9 Å². The molecule has 1 aliphatic heterocycles. The molecule has 140 valence electrons. The molecular formula is C19H24ClN3O2S. The first-order chi connectivity index (χ1) is 12.6. The Morgan fingerprint density at radius 3 is 2.69 bits per heavy atom. The van der Waals surface area contributed by atoms with Crippen molar-refractivity contribution < 1.29 is 9.53 Å². The molecule has 0 saturated carbocycles. The number of nitrogens with zero attached hydrogens (tertiary/aromatic N) is 2. The van der Waals surface area contributed by atoms with Gasteiger partial charge in [0, 0.05) is 38.4 Å². The minimum absolute atomic E-state index is 0.0162. The number of hydrogen-bond acceptors (Lipinski definition) is 5. The van der Waals surface area contributed by atoms with Crippen molar-refractivity contribution in [3.63, 3.8) is 0 Å². The van der Waals surface area contributed by atoms with Crippen molar-refractivity contribution in [2.75, 3.05) is 38.6 Å². The highest BCUT2D eigenvalue weighted by atomic mass is 35.5. The predicted octanol–water partition coefficient (Wildman–Crippen LogP) is 3.55. The number of anilines is 1. The fraction of sp³-hybridized carbons (Fsp3) is 0.421. The number of rotatable bonds is 6. The highest BCUT2D eigenvalue weighted by Gasteiger charge is 2.25. The highest BCUT2D eigenvalue weighted by Crippen LogP contribution is 2.27. The van der Waals surface area contributed by atoms with Crippen molar-refractivity contribution in [1.29, 1.82) is 0 Å². The third-order valence-corrected chi connectivity index (χ3v) is 5.77. The maximum atomic E-state index is 12.6. The summed E-state index contributed by atoms with van der Waals surface area (Å²) in [5.74, 6) is 0.581. The summed E-state index contributed by atoms with van der Waals surface area (Å²) >= 11 is 7.86. The van der Waals surface area contributed by atoms with Gasteiger partial charge in [-0.25, -0.2) is 0 Å². The molecule has 2 heterocycles. The molecular weight excluding hydrogens is 370 g/mol. The zero-order valence-electron chi connectivity index (χ0n) is 15.1. The van der Waals surface area contributed by atoms with Gasteiger partial charge in [-0.05, 0) is 47.5 Å². The number of methoxy groups -OCH3 is 1. The van der Waals surface area contributed by atoms with Gasteiger partial charge >= 0.3 is 0 Å². The van der Waals surface area contributed by atoms with Crippen molar-refractivity contribution >= 4 is 34.5 Å². The first kappa shape index (κ1) is 19.2. The minimum atomic E-state index is -0.181. The second kappa shape index (κ2) is 8.86. The van der Waals surface area contributed by atoms with E-state index < -0.39 is 0 Å². The Kier molecular flexibility index (Phi) is 6.53. The van der Waals surface area contributed by atoms with E-state index in [2.05, 4.69) is 31.9 Å². The number of amides is 1. The van der Waals surface area contributed by atoms with Crippen LogP contribution in [-0.2, 0) is 11.3 Å². The van der Waals surface area contributed by atoms with E-state index in [-0.39, 0.29) is 11.9 Å². The average Bonchev–Trinajstić information content (AvgIpc) is 3.15. The largest absolute Gasteiger partial charge is 0.495 e. The summed E-state index contributed by atoms with van der Waals surface area (Å²) in [5.41, 5.74) is 2.05. The molecule has 1 aromatic carbocycles. The molecule has 0 unspecified atom stereocenters. The molecule has 0 bridgehead atoms. The van der Waals surface area contributed by atoms with Crippen molar-refractivity contribution in [3.8, 4) is 5.75 Å². The van der Waals surface area contributed by atoms with Crippen LogP contribution in [0.4, 0.5) is 5.69 Å². The molecule has 1 aliphatic rings. The van der Waals surface area contributed by atoms with Crippen LogP contribution in [0.2, 0.25) is 5.02 Å². The quantitative estimate of drug-likeness (QED) is 0.815. The van der Waals surface area contributed by atoms with Gasteiger partial charge in [0.25, 0.3) is 0 Å². The topological polar surface area (TPSA) is 44.8 Å². The Hall–Kier alpha value is -1.60. The smallest absolute Gasteiger partial charge is 0.241 e. The molecule has 0 radical (unpaired) electrons. The normalized spacial score (nSPS) is 17.0. The molecule has 1 fully saturated rings. The number of nitrogens with one attached hydrogen (secondary N) is 1. The van der Waals surface area contributed by atoms with Gasteiger partial charge in [-0.15, -0.1) is 0 Å². The molecule has 0 spiro atoms. The number of benzene rings is 1. The van der Waals surface area contributed by atoms with E-state index in [0.29, 0.717) is 16.5 Å². The number of carbonyl (C=O) groups is 1. The molecule has 1 atom stereocenters. The lowest BCUT2D eigenvalue weighted by molar-refractivity contribution is -0.121. The molecule has 1 saturated heterocycles. The standard InChI is InChI=1S/C19H24ClN3O2S/c1-14(19(24)21-16-3-4-18(25-2)17(20)11-16)23-8-6-22(7-9-23)12-15-5-10-26-13-15/h3-5,10-11,13-14H,6-9,12H2,1-2H3,(H,21,24)/t14-/m1/s1. The third-order valence-electron chi connectivity index (χ3n) is 4.74. The Morgan fingerprint density at radius 1 is 1.31 bits per heavy atom. The summed E-state index contributed by atoms with van der Waals surface area (Å²) in [6, 6.07) is 7.26. The van der Waals surface area contributed by atoms with E-state index in [0.717, 1.165) is 32.7 Å². The predicted molar refractivity (Wildman–Crippen MR) is 107 cm³/mol. The second-order valence-electron chi connectivity index (χ2n) is 6.46. The van der Waals surface area contributed by atoms with Gasteiger partial charge in [0.1, 0.15) is 5.75 Å². The van der Waals surface area contributed by atoms with E-state index in [1.165, 1.54) is 5.56 Å². The summed E-state index contributed by atoms with van der Waals surface area (Å²) in [6.07, 6.45) is 0. The summed E-state index contributed by atoms with van der Waals surface area (Å²) in [5, 5.41) is 7.74. The Labute approximate surface area is 163 Å². The lowest BCUT2D eigenvalue weighted by Crippen LogP contribution is -2.52. The van der Waals surface area contributed by atoms with Gasteiger partial charge in [-0.3, -0.25) is 14.6 Å². The van der Waals surface area contributed by atoms with E-state index in [4.69, 9.17) is 16.3 Å². The Morgan fingerprint density at radius 2 is 2.08 bits per heavy atom. The Bertz CT molecular complexity index is 730. The highest BCUT2D eigenvalue weighted by molar-refractivity contribution is 7.07. The first-order valence-corrected chi connectivity index (χ1v) is 10.0. The van der Waals surface area contributed by atoms with Crippen LogP contribution in [0.15, 0.2) is 35.0 Å². The van der Waals surface area contributed by atoms with Gasteiger partial charge in [0.15, 0.2) is 0 Å². The molecule has 7 heteroatoms. The Balaban J connectivity index is 1.50. The monoisotopic (exact) mass is 393 g/mol. The van der Waals surface area contributed by atoms with Crippen LogP contribution in [0.5, 0.6) is 5.75 Å². The number of carbonyl (C=O) groups excluding carboxylic acids is 1. The maximum absolute atomic E-state index is 12.6. The van der Waals surface area contributed by atoms with Gasteiger partial charge in [-0.1, -0.05) is 11.6 Å². The zero-order valence-corrected chi connectivity index (χ0v) is 16.6. The summed E-state index contributed by atoms with van der Waals surface area (Å²) in [6.45, 7) is 6.67. The second-order valence-corrected chi connectivity index (χ2v) is 7.65. The van der Waals surface area contributed by atoms with Crippen LogP contribution in [0.25, 0.3) is 0 Å². The molecule has 1 amide bonds. The lowest BCUT2D eigenvalue weighted by atomic mass is 10.2. The van der Waals surface area contributed by atoms with Gasteiger partial charge in [0.2, 0.25) is 5.91 Å². The van der Waals surface area contributed by atoms with Crippen LogP contribution in [-0.4, -0.2) is 55.0 Å². The van der Waals surface area contributed by atoms with Crippen molar-refractivity contribution in [1.82, 2.24) is 9.80 Å². The first-order valence-electron chi connectivity index (χ1n) is 8.68. The number of piperazine rings is 1. The number of hydrogen-bond donors (Lipinski definition) is 1. The zero-order chi connectivity index (χ0) is 18.5. The maximum Gasteiger partial charge on any atom is 0.241 e. The van der Waals surface area contributed by atoms with E-state index >= 15 is 0 Å². The van der Waals surface area contributed by atoms with E-state index in [1.54, 1.807) is 36.6 Å². The molecule has 26 heavy (non-hydrogen) atoms. The van der Waals surface area contributed by atoms with Crippen LogP contribution in [0.1, 0.15) is 12.5 Å². The van der Waals surface area contributed by atoms with Gasteiger partial charge in [-0.2, -0.15) is 11.3 Å². The third kappa shape index (κ3) is 4.76. The molecule has 5 nitrogen and oxygen atoms in total. The number of halogens is 1. The van der Waals surface area contributed by atoms with Crippen LogP contribution in [0, 0.1) is 0 Å². The van der Waals surface area contributed by atoms with Crippen molar-refractivity contribution in [3.05, 3.63) is 45.6 Å². The van der Waals surface area contributed by atoms with E-state index in [1.807, 2.05) is 6.92 Å². The lowest BCUT2D eigenvalue weighted by Gasteiger charge is -2.37. The van der Waals surface area contributed by atoms with Crippen LogP contribution < -0.4 is 10.1 Å². The van der Waals surface area contributed by atoms with Gasteiger partial charge < -0.3 is 10.1 Å². The number of ether oxygens (including phenoxy) is 1. The summed E-state index contributed by atoms with van der Waals surface area (Å²) in [7, 11) is 1.57. The van der Waals surface area contributed by atoms with Gasteiger partial charge in [0.05, 0.1) is 18.2 Å². The molecule has 1 N–H and O–H groups in total. The molecule has 3 rings (SSSR count). The summed E-state index contributed by atoms with van der Waals surface area (Å²) in [4.78, 5) is 17.2. The summed E-state index contributed by atoms with van der Waals surface area (Å²) < 4.78 is 5.14. The SMILES string of the molecule is COc1ccc(NC(=O)[C@@H](C)N2CCN(Cc3ccsc3)CC2)cc1Cl. The van der Waals surface area contributed by atoms with E-state index in [9.17, 15) is 4.79 Å². The fourth-order valence-corrected chi connectivity index (χ4v) is 4.02. The minimum Gasteiger partial charge on any atom is -0.495 e. The van der Waals surface area contributed by atoms with Crippen LogP contribution in [0.3, 0.4) is 0 Å². The number of thiophene rings is 1. The van der Waals surface area contributed by atoms with Crippen molar-refractivity contribution in [2.24, 2.45) is 0 Å². The molecule has 0 aliphatic carbocycles.